The zero-order chi connectivity index (χ0) is 23.4. The van der Waals surface area contributed by atoms with E-state index < -0.39 is 0 Å². The standard InChI is InChI=1S/C27H24N6O2/c28-10-18-8-19-2-1-3-24(26(19)30-11-18)35-22-6-4-20-12-31-33(23(20)9-22)21-5-7-25(29-13-21)32-14-27(15-32)16-34-17-27/h4-9,11-13,24H,1-3,14-17H2. The Balaban J connectivity index is 1.13. The van der Waals surface area contributed by atoms with Gasteiger partial charge in [-0.25, -0.2) is 9.67 Å². The van der Waals surface area contributed by atoms with Crippen LogP contribution in [0.15, 0.2) is 55.0 Å². The molecule has 174 valence electrons. The SMILES string of the molecule is N#Cc1cnc2c(c1)CCCC2Oc1ccc2cnn(-c3ccc(N4CC5(COC5)C4)nc3)c2c1. The number of anilines is 1. The molecule has 0 radical (unpaired) electrons. The van der Waals surface area contributed by atoms with E-state index in [1.807, 2.05) is 41.3 Å². The van der Waals surface area contributed by atoms with Crippen molar-refractivity contribution in [2.45, 2.75) is 25.4 Å². The Kier molecular flexibility index (Phi) is 4.54. The number of nitrogens with zero attached hydrogens (tertiary/aromatic N) is 6. The van der Waals surface area contributed by atoms with Gasteiger partial charge in [0.25, 0.3) is 0 Å². The minimum Gasteiger partial charge on any atom is -0.484 e. The van der Waals surface area contributed by atoms with E-state index in [-0.39, 0.29) is 6.10 Å². The molecule has 3 aliphatic rings. The van der Waals surface area contributed by atoms with Crippen molar-refractivity contribution >= 4 is 16.7 Å². The molecule has 7 rings (SSSR count). The van der Waals surface area contributed by atoms with E-state index in [0.29, 0.717) is 11.0 Å². The number of aromatic nitrogens is 4. The zero-order valence-electron chi connectivity index (χ0n) is 19.2. The van der Waals surface area contributed by atoms with E-state index in [9.17, 15) is 5.26 Å². The molecule has 1 aliphatic carbocycles. The Hall–Kier alpha value is -3.96. The molecule has 1 aromatic carbocycles. The molecule has 0 amide bonds. The number of pyridine rings is 2. The maximum Gasteiger partial charge on any atom is 0.141 e. The average Bonchev–Trinajstić information content (AvgIpc) is 3.26. The third-order valence-corrected chi connectivity index (χ3v) is 7.34. The average molecular weight is 465 g/mol. The van der Waals surface area contributed by atoms with Gasteiger partial charge in [0, 0.05) is 30.7 Å². The second kappa shape index (κ2) is 7.79. The predicted octanol–water partition coefficient (Wildman–Crippen LogP) is 3.98. The Morgan fingerprint density at radius 2 is 1.97 bits per heavy atom. The molecule has 5 heterocycles. The van der Waals surface area contributed by atoms with Crippen LogP contribution in [0.2, 0.25) is 0 Å². The summed E-state index contributed by atoms with van der Waals surface area (Å²) in [5, 5.41) is 14.8. The summed E-state index contributed by atoms with van der Waals surface area (Å²) in [5.74, 6) is 1.77. The monoisotopic (exact) mass is 464 g/mol. The van der Waals surface area contributed by atoms with Gasteiger partial charge in [0.2, 0.25) is 0 Å². The second-order valence-electron chi connectivity index (χ2n) is 9.88. The first-order valence-corrected chi connectivity index (χ1v) is 12.0. The van der Waals surface area contributed by atoms with Crippen LogP contribution in [0.5, 0.6) is 5.75 Å². The van der Waals surface area contributed by atoms with E-state index >= 15 is 0 Å². The Bertz CT molecular complexity index is 1460. The predicted molar refractivity (Wildman–Crippen MR) is 130 cm³/mol. The fraction of sp³-hybridized carbons (Fsp3) is 0.333. The minimum atomic E-state index is -0.123. The van der Waals surface area contributed by atoms with Gasteiger partial charge in [-0.15, -0.1) is 0 Å². The van der Waals surface area contributed by atoms with Crippen LogP contribution in [-0.4, -0.2) is 46.1 Å². The van der Waals surface area contributed by atoms with Crippen LogP contribution < -0.4 is 9.64 Å². The van der Waals surface area contributed by atoms with Gasteiger partial charge in [0.15, 0.2) is 0 Å². The molecule has 1 unspecified atom stereocenters. The molecular weight excluding hydrogens is 440 g/mol. The van der Waals surface area contributed by atoms with E-state index in [4.69, 9.17) is 14.5 Å². The molecule has 1 atom stereocenters. The highest BCUT2D eigenvalue weighted by Crippen LogP contribution is 2.39. The fourth-order valence-electron chi connectivity index (χ4n) is 5.43. The summed E-state index contributed by atoms with van der Waals surface area (Å²) in [6.07, 6.45) is 8.10. The molecule has 35 heavy (non-hydrogen) atoms. The third-order valence-electron chi connectivity index (χ3n) is 7.34. The molecule has 1 spiro atoms. The number of fused-ring (bicyclic) bond motifs is 2. The Morgan fingerprint density at radius 3 is 2.74 bits per heavy atom. The van der Waals surface area contributed by atoms with Gasteiger partial charge >= 0.3 is 0 Å². The van der Waals surface area contributed by atoms with Crippen molar-refractivity contribution < 1.29 is 9.47 Å². The normalized spacial score (nSPS) is 20.1. The number of nitriles is 1. The van der Waals surface area contributed by atoms with E-state index in [2.05, 4.69) is 33.2 Å². The fourth-order valence-corrected chi connectivity index (χ4v) is 5.43. The summed E-state index contributed by atoms with van der Waals surface area (Å²) in [7, 11) is 0. The summed E-state index contributed by atoms with van der Waals surface area (Å²) in [6, 6.07) is 14.3. The Labute approximate surface area is 202 Å². The topological polar surface area (TPSA) is 89.1 Å². The molecule has 8 nitrogen and oxygen atoms in total. The highest BCUT2D eigenvalue weighted by Gasteiger charge is 2.49. The molecule has 2 saturated heterocycles. The van der Waals surface area contributed by atoms with Crippen molar-refractivity contribution in [3.05, 3.63) is 71.8 Å². The van der Waals surface area contributed by atoms with Gasteiger partial charge in [-0.05, 0) is 55.2 Å². The zero-order valence-corrected chi connectivity index (χ0v) is 19.2. The number of ether oxygens (including phenoxy) is 2. The first-order valence-electron chi connectivity index (χ1n) is 12.0. The van der Waals surface area contributed by atoms with Crippen LogP contribution in [0.3, 0.4) is 0 Å². The molecule has 3 aromatic heterocycles. The number of rotatable bonds is 4. The summed E-state index contributed by atoms with van der Waals surface area (Å²) in [4.78, 5) is 11.6. The van der Waals surface area contributed by atoms with Crippen LogP contribution in [0.25, 0.3) is 16.6 Å². The van der Waals surface area contributed by atoms with Gasteiger partial charge in [0.05, 0.1) is 53.5 Å². The first-order chi connectivity index (χ1) is 17.2. The lowest BCUT2D eigenvalue weighted by Crippen LogP contribution is -2.66. The third kappa shape index (κ3) is 3.43. The van der Waals surface area contributed by atoms with Crippen LogP contribution in [0, 0.1) is 16.7 Å². The maximum absolute atomic E-state index is 9.19. The maximum atomic E-state index is 9.19. The molecule has 4 aromatic rings. The summed E-state index contributed by atoms with van der Waals surface area (Å²) in [5.41, 5.74) is 4.88. The van der Waals surface area contributed by atoms with Crippen molar-refractivity contribution in [1.82, 2.24) is 19.7 Å². The van der Waals surface area contributed by atoms with Crippen LogP contribution in [0.4, 0.5) is 5.82 Å². The van der Waals surface area contributed by atoms with Crippen molar-refractivity contribution in [3.63, 3.8) is 0 Å². The van der Waals surface area contributed by atoms with Crippen molar-refractivity contribution in [2.24, 2.45) is 5.41 Å². The van der Waals surface area contributed by atoms with E-state index in [1.165, 1.54) is 0 Å². The number of benzene rings is 1. The van der Waals surface area contributed by atoms with Gasteiger partial charge in [-0.1, -0.05) is 0 Å². The lowest BCUT2D eigenvalue weighted by molar-refractivity contribution is -0.127. The second-order valence-corrected chi connectivity index (χ2v) is 9.88. The number of hydrogen-bond acceptors (Lipinski definition) is 7. The van der Waals surface area contributed by atoms with Crippen LogP contribution >= 0.6 is 0 Å². The van der Waals surface area contributed by atoms with Gasteiger partial charge in [-0.3, -0.25) is 4.98 Å². The summed E-state index contributed by atoms with van der Waals surface area (Å²) < 4.78 is 13.7. The number of hydrogen-bond donors (Lipinski definition) is 0. The largest absolute Gasteiger partial charge is 0.484 e. The lowest BCUT2D eigenvalue weighted by atomic mass is 9.78. The smallest absolute Gasteiger partial charge is 0.141 e. The summed E-state index contributed by atoms with van der Waals surface area (Å²) in [6.45, 7) is 3.77. The van der Waals surface area contributed by atoms with Crippen molar-refractivity contribution in [3.8, 4) is 17.5 Å². The van der Waals surface area contributed by atoms with E-state index in [0.717, 1.165) is 85.0 Å². The summed E-state index contributed by atoms with van der Waals surface area (Å²) >= 11 is 0. The van der Waals surface area contributed by atoms with Crippen LogP contribution in [0.1, 0.15) is 35.8 Å². The lowest BCUT2D eigenvalue weighted by Gasteiger charge is -2.55. The molecule has 2 aliphatic heterocycles. The van der Waals surface area contributed by atoms with Crippen molar-refractivity contribution in [1.29, 1.82) is 5.26 Å². The van der Waals surface area contributed by atoms with E-state index in [1.54, 1.807) is 6.20 Å². The molecular formula is C27H24N6O2. The minimum absolute atomic E-state index is 0.123. The molecule has 2 fully saturated rings. The number of aryl methyl sites for hydroxylation is 1. The quantitative estimate of drug-likeness (QED) is 0.451. The molecule has 0 saturated carbocycles. The Morgan fingerprint density at radius 1 is 1.06 bits per heavy atom. The highest BCUT2D eigenvalue weighted by atomic mass is 16.5. The van der Waals surface area contributed by atoms with Crippen molar-refractivity contribution in [2.75, 3.05) is 31.2 Å². The molecule has 0 bridgehead atoms. The van der Waals surface area contributed by atoms with Gasteiger partial charge < -0.3 is 14.4 Å². The van der Waals surface area contributed by atoms with Gasteiger partial charge in [0.1, 0.15) is 23.7 Å². The highest BCUT2D eigenvalue weighted by molar-refractivity contribution is 5.81. The first kappa shape index (κ1) is 20.4. The van der Waals surface area contributed by atoms with Gasteiger partial charge in [-0.2, -0.15) is 10.4 Å². The molecule has 8 heteroatoms. The molecule has 0 N–H and O–H groups in total. The van der Waals surface area contributed by atoms with Crippen LogP contribution in [-0.2, 0) is 11.2 Å².